The van der Waals surface area contributed by atoms with Crippen molar-refractivity contribution in [3.63, 3.8) is 0 Å². The lowest BCUT2D eigenvalue weighted by Gasteiger charge is -2.12. The van der Waals surface area contributed by atoms with Crippen molar-refractivity contribution in [1.82, 2.24) is 20.2 Å². The lowest BCUT2D eigenvalue weighted by molar-refractivity contribution is -0.115. The smallest absolute Gasteiger partial charge is 0.251 e. The molecule has 0 saturated heterocycles. The first-order valence-electron chi connectivity index (χ1n) is 8.07. The van der Waals surface area contributed by atoms with E-state index in [0.29, 0.717) is 15.7 Å². The number of carbonyl (C=O) groups is 2. The van der Waals surface area contributed by atoms with Crippen molar-refractivity contribution in [1.29, 1.82) is 0 Å². The van der Waals surface area contributed by atoms with E-state index in [0.717, 1.165) is 11.3 Å². The number of thiophene rings is 1. The van der Waals surface area contributed by atoms with Gasteiger partial charge in [0.05, 0.1) is 16.5 Å². The van der Waals surface area contributed by atoms with E-state index >= 15 is 0 Å². The average Bonchev–Trinajstić information content (AvgIpc) is 3.26. The predicted molar refractivity (Wildman–Crippen MR) is 105 cm³/mol. The molecule has 1 atom stereocenters. The third kappa shape index (κ3) is 4.17. The van der Waals surface area contributed by atoms with Crippen LogP contribution < -0.4 is 11.1 Å². The van der Waals surface area contributed by atoms with Gasteiger partial charge in [-0.1, -0.05) is 17.8 Å². The zero-order chi connectivity index (χ0) is 19.6. The molecular formula is C17H18N6O2S2. The maximum Gasteiger partial charge on any atom is 0.251 e. The third-order valence-electron chi connectivity index (χ3n) is 3.99. The number of aromatic nitrogens is 4. The number of nitrogens with one attached hydrogen (secondary N) is 1. The van der Waals surface area contributed by atoms with Crippen LogP contribution in [0.2, 0.25) is 0 Å². The Hall–Kier alpha value is -2.72. The Morgan fingerprint density at radius 3 is 2.74 bits per heavy atom. The molecule has 8 nitrogen and oxygen atoms in total. The highest BCUT2D eigenvalue weighted by atomic mass is 32.2. The minimum atomic E-state index is -0.578. The van der Waals surface area contributed by atoms with Gasteiger partial charge in [0.15, 0.2) is 0 Å². The van der Waals surface area contributed by atoms with E-state index < -0.39 is 11.2 Å². The van der Waals surface area contributed by atoms with Gasteiger partial charge in [-0.2, -0.15) is 4.68 Å². The first kappa shape index (κ1) is 19.1. The number of hydrogen-bond acceptors (Lipinski definition) is 7. The molecule has 27 heavy (non-hydrogen) atoms. The molecule has 140 valence electrons. The van der Waals surface area contributed by atoms with Crippen LogP contribution in [0.1, 0.15) is 28.4 Å². The topological polar surface area (TPSA) is 116 Å². The van der Waals surface area contributed by atoms with Crippen LogP contribution in [0, 0.1) is 13.8 Å². The average molecular weight is 403 g/mol. The van der Waals surface area contributed by atoms with E-state index in [4.69, 9.17) is 5.73 Å². The molecule has 0 spiro atoms. The van der Waals surface area contributed by atoms with Crippen LogP contribution in [0.4, 0.5) is 5.00 Å². The summed E-state index contributed by atoms with van der Waals surface area (Å²) in [5.74, 6) is -0.842. The summed E-state index contributed by atoms with van der Waals surface area (Å²) >= 11 is 2.48. The summed E-state index contributed by atoms with van der Waals surface area (Å²) in [5.41, 5.74) is 8.73. The number of thioether (sulfide) groups is 1. The number of benzene rings is 1. The Kier molecular flexibility index (Phi) is 5.57. The Balaban J connectivity index is 1.75. The van der Waals surface area contributed by atoms with Crippen LogP contribution in [0.3, 0.4) is 0 Å². The maximum absolute atomic E-state index is 12.5. The molecule has 3 N–H and O–H groups in total. The molecule has 0 bridgehead atoms. The number of nitrogens with zero attached hydrogens (tertiary/aromatic N) is 4. The van der Waals surface area contributed by atoms with Crippen molar-refractivity contribution in [2.75, 3.05) is 5.32 Å². The van der Waals surface area contributed by atoms with E-state index in [2.05, 4.69) is 20.8 Å². The van der Waals surface area contributed by atoms with Gasteiger partial charge in [0, 0.05) is 0 Å². The van der Waals surface area contributed by atoms with Crippen LogP contribution in [-0.4, -0.2) is 37.3 Å². The Labute approximate surface area is 164 Å². The van der Waals surface area contributed by atoms with Gasteiger partial charge in [0.1, 0.15) is 5.00 Å². The summed E-state index contributed by atoms with van der Waals surface area (Å²) in [6.07, 6.45) is 0. The Morgan fingerprint density at radius 2 is 2.04 bits per heavy atom. The second kappa shape index (κ2) is 7.89. The van der Waals surface area contributed by atoms with Crippen LogP contribution >= 0.6 is 23.1 Å². The first-order chi connectivity index (χ1) is 12.9. The first-order valence-corrected chi connectivity index (χ1v) is 9.83. The Bertz CT molecular complexity index is 997. The summed E-state index contributed by atoms with van der Waals surface area (Å²) in [6, 6.07) is 7.50. The van der Waals surface area contributed by atoms with E-state index in [1.807, 2.05) is 32.0 Å². The molecule has 0 saturated carbocycles. The second-order valence-electron chi connectivity index (χ2n) is 5.92. The molecule has 0 radical (unpaired) electrons. The highest BCUT2D eigenvalue weighted by Gasteiger charge is 2.21. The monoisotopic (exact) mass is 402 g/mol. The fourth-order valence-corrected chi connectivity index (χ4v) is 3.90. The molecular weight excluding hydrogens is 384 g/mol. The number of nitrogens with two attached hydrogens (primary N) is 1. The van der Waals surface area contributed by atoms with Gasteiger partial charge in [0.2, 0.25) is 11.1 Å². The SMILES string of the molecule is Cc1ccc(-n2nnnc2S[C@@H](C)C(=O)Nc2sccc2C(N)=O)cc1C. The molecule has 3 rings (SSSR count). The van der Waals surface area contributed by atoms with Gasteiger partial charge in [-0.25, -0.2) is 0 Å². The van der Waals surface area contributed by atoms with E-state index in [1.165, 1.54) is 28.7 Å². The normalized spacial score (nSPS) is 12.0. The summed E-state index contributed by atoms with van der Waals surface area (Å²) in [4.78, 5) is 23.9. The fraction of sp³-hybridized carbons (Fsp3) is 0.235. The molecule has 0 aliphatic rings. The summed E-state index contributed by atoms with van der Waals surface area (Å²) in [6.45, 7) is 5.80. The van der Waals surface area contributed by atoms with Crippen molar-refractivity contribution >= 4 is 39.9 Å². The van der Waals surface area contributed by atoms with Crippen molar-refractivity contribution < 1.29 is 9.59 Å². The van der Waals surface area contributed by atoms with Gasteiger partial charge in [-0.05, 0) is 65.9 Å². The van der Waals surface area contributed by atoms with E-state index in [1.54, 1.807) is 23.1 Å². The zero-order valence-electron chi connectivity index (χ0n) is 15.0. The minimum Gasteiger partial charge on any atom is -0.366 e. The molecule has 0 aliphatic heterocycles. The van der Waals surface area contributed by atoms with Crippen LogP contribution in [0.25, 0.3) is 5.69 Å². The van der Waals surface area contributed by atoms with Gasteiger partial charge in [-0.3, -0.25) is 9.59 Å². The lowest BCUT2D eigenvalue weighted by Crippen LogP contribution is -2.24. The number of primary amides is 1. The molecule has 0 aliphatic carbocycles. The number of anilines is 1. The predicted octanol–water partition coefficient (Wildman–Crippen LogP) is 2.56. The summed E-state index contributed by atoms with van der Waals surface area (Å²) in [5, 5.41) is 16.7. The molecule has 3 aromatic rings. The fourth-order valence-electron chi connectivity index (χ4n) is 2.30. The summed E-state index contributed by atoms with van der Waals surface area (Å²) in [7, 11) is 0. The second-order valence-corrected chi connectivity index (χ2v) is 8.14. The molecule has 2 aromatic heterocycles. The van der Waals surface area contributed by atoms with Crippen molar-refractivity contribution in [3.05, 3.63) is 46.3 Å². The number of amides is 2. The molecule has 2 heterocycles. The maximum atomic E-state index is 12.5. The van der Waals surface area contributed by atoms with Gasteiger partial charge < -0.3 is 11.1 Å². The highest BCUT2D eigenvalue weighted by Crippen LogP contribution is 2.27. The highest BCUT2D eigenvalue weighted by molar-refractivity contribution is 8.00. The van der Waals surface area contributed by atoms with Crippen LogP contribution in [0.5, 0.6) is 0 Å². The number of aryl methyl sites for hydroxylation is 2. The zero-order valence-corrected chi connectivity index (χ0v) is 16.6. The molecule has 1 aromatic carbocycles. The number of carbonyl (C=O) groups excluding carboxylic acids is 2. The third-order valence-corrected chi connectivity index (χ3v) is 5.86. The van der Waals surface area contributed by atoms with Gasteiger partial charge >= 0.3 is 0 Å². The van der Waals surface area contributed by atoms with E-state index in [9.17, 15) is 9.59 Å². The molecule has 0 unspecified atom stereocenters. The van der Waals surface area contributed by atoms with Crippen molar-refractivity contribution in [3.8, 4) is 5.69 Å². The number of tetrazole rings is 1. The largest absolute Gasteiger partial charge is 0.366 e. The van der Waals surface area contributed by atoms with Gasteiger partial charge in [0.25, 0.3) is 5.91 Å². The van der Waals surface area contributed by atoms with E-state index in [-0.39, 0.29) is 5.91 Å². The number of hydrogen-bond donors (Lipinski definition) is 2. The quantitative estimate of drug-likeness (QED) is 0.612. The summed E-state index contributed by atoms with van der Waals surface area (Å²) < 4.78 is 1.60. The van der Waals surface area contributed by atoms with Crippen LogP contribution in [-0.2, 0) is 4.79 Å². The van der Waals surface area contributed by atoms with Gasteiger partial charge in [-0.15, -0.1) is 16.4 Å². The molecule has 2 amide bonds. The van der Waals surface area contributed by atoms with Crippen molar-refractivity contribution in [2.45, 2.75) is 31.2 Å². The lowest BCUT2D eigenvalue weighted by atomic mass is 10.1. The number of rotatable bonds is 6. The standard InChI is InChI=1S/C17H18N6O2S2/c1-9-4-5-12(8-10(9)2)23-17(20-21-22-23)27-11(3)15(25)19-16-13(14(18)24)6-7-26-16/h4-8,11H,1-3H3,(H2,18,24)(H,19,25)/t11-/m0/s1. The van der Waals surface area contributed by atoms with Crippen molar-refractivity contribution in [2.24, 2.45) is 5.73 Å². The molecule has 0 fully saturated rings. The minimum absolute atomic E-state index is 0.264. The van der Waals surface area contributed by atoms with Crippen LogP contribution in [0.15, 0.2) is 34.8 Å². The Morgan fingerprint density at radius 1 is 1.26 bits per heavy atom. The molecule has 10 heteroatoms.